The zero-order chi connectivity index (χ0) is 25.2. The average Bonchev–Trinajstić information content (AvgIpc) is 3.31. The van der Waals surface area contributed by atoms with Gasteiger partial charge in [0.2, 0.25) is 5.91 Å². The largest absolute Gasteiger partial charge is 0.491 e. The maximum atomic E-state index is 14.0. The first-order chi connectivity index (χ1) is 17.5. The van der Waals surface area contributed by atoms with Crippen molar-refractivity contribution in [2.45, 2.75) is 17.8 Å². The number of alkyl halides is 1. The number of anilines is 3. The Morgan fingerprint density at radius 1 is 1.25 bits per heavy atom. The number of hydrogen-bond acceptors (Lipinski definition) is 6. The SMILES string of the molecule is C/C=C/C(=O)Nc1cc2c(Nc3ccc(F)c(CI)c3)ncnc2cc1OCCC1[C@H]2CN(C)C[C@@H]12. The van der Waals surface area contributed by atoms with Crippen molar-refractivity contribution in [2.24, 2.45) is 17.8 Å². The van der Waals surface area contributed by atoms with E-state index < -0.39 is 0 Å². The van der Waals surface area contributed by atoms with Crippen LogP contribution in [0.1, 0.15) is 18.9 Å². The van der Waals surface area contributed by atoms with Crippen molar-refractivity contribution in [1.82, 2.24) is 14.9 Å². The highest BCUT2D eigenvalue weighted by molar-refractivity contribution is 14.1. The van der Waals surface area contributed by atoms with E-state index in [0.29, 0.717) is 39.4 Å². The van der Waals surface area contributed by atoms with Gasteiger partial charge >= 0.3 is 0 Å². The number of carbonyl (C=O) groups is 1. The van der Waals surface area contributed by atoms with Crippen LogP contribution in [0.5, 0.6) is 5.75 Å². The predicted molar refractivity (Wildman–Crippen MR) is 148 cm³/mol. The Morgan fingerprint density at radius 2 is 2.06 bits per heavy atom. The molecule has 0 radical (unpaired) electrons. The number of ether oxygens (including phenoxy) is 1. The number of aromatic nitrogens is 2. The van der Waals surface area contributed by atoms with E-state index in [2.05, 4.69) is 55.1 Å². The molecule has 188 valence electrons. The molecule has 2 aliphatic rings. The number of halogens is 2. The highest BCUT2D eigenvalue weighted by Crippen LogP contribution is 2.53. The maximum absolute atomic E-state index is 14.0. The molecule has 2 N–H and O–H groups in total. The number of piperidine rings is 1. The summed E-state index contributed by atoms with van der Waals surface area (Å²) in [6.45, 7) is 4.74. The summed E-state index contributed by atoms with van der Waals surface area (Å²) in [4.78, 5) is 23.6. The summed E-state index contributed by atoms with van der Waals surface area (Å²) >= 11 is 2.14. The van der Waals surface area contributed by atoms with Crippen LogP contribution < -0.4 is 15.4 Å². The van der Waals surface area contributed by atoms with Gasteiger partial charge in [-0.15, -0.1) is 0 Å². The van der Waals surface area contributed by atoms with E-state index >= 15 is 0 Å². The van der Waals surface area contributed by atoms with Crippen LogP contribution in [0.3, 0.4) is 0 Å². The van der Waals surface area contributed by atoms with E-state index in [-0.39, 0.29) is 11.7 Å². The number of nitrogens with zero attached hydrogens (tertiary/aromatic N) is 3. The van der Waals surface area contributed by atoms with Gasteiger partial charge in [0.15, 0.2) is 0 Å². The van der Waals surface area contributed by atoms with E-state index in [4.69, 9.17) is 4.74 Å². The Balaban J connectivity index is 1.39. The molecule has 0 spiro atoms. The predicted octanol–water partition coefficient (Wildman–Crippen LogP) is 5.54. The normalized spacial score (nSPS) is 21.1. The molecule has 3 aromatic rings. The van der Waals surface area contributed by atoms with E-state index in [1.54, 1.807) is 25.1 Å². The zero-order valence-corrected chi connectivity index (χ0v) is 22.5. The van der Waals surface area contributed by atoms with Crippen LogP contribution in [0, 0.1) is 23.6 Å². The van der Waals surface area contributed by atoms with E-state index in [9.17, 15) is 9.18 Å². The van der Waals surface area contributed by atoms with Crippen LogP contribution in [0.15, 0.2) is 48.8 Å². The Bertz CT molecular complexity index is 1300. The molecule has 9 heteroatoms. The fourth-order valence-electron chi connectivity index (χ4n) is 5.21. The third kappa shape index (κ3) is 5.31. The van der Waals surface area contributed by atoms with E-state index in [1.807, 2.05) is 12.1 Å². The van der Waals surface area contributed by atoms with Gasteiger partial charge < -0.3 is 20.3 Å². The first-order valence-electron chi connectivity index (χ1n) is 12.1. The van der Waals surface area contributed by atoms with Crippen molar-refractivity contribution in [1.29, 1.82) is 0 Å². The smallest absolute Gasteiger partial charge is 0.248 e. The average molecular weight is 601 g/mol. The van der Waals surface area contributed by atoms with Crippen molar-refractivity contribution in [3.05, 3.63) is 60.2 Å². The Kier molecular flexibility index (Phi) is 7.38. The minimum atomic E-state index is -0.238. The van der Waals surface area contributed by atoms with Crippen molar-refractivity contribution >= 4 is 56.6 Å². The van der Waals surface area contributed by atoms with Gasteiger partial charge in [-0.25, -0.2) is 14.4 Å². The number of likely N-dealkylation sites (tertiary alicyclic amines) is 1. The molecule has 36 heavy (non-hydrogen) atoms. The summed E-state index contributed by atoms with van der Waals surface area (Å²) in [5.41, 5.74) is 2.59. The molecule has 1 unspecified atom stereocenters. The van der Waals surface area contributed by atoms with Gasteiger partial charge in [-0.3, -0.25) is 4.79 Å². The van der Waals surface area contributed by atoms with Gasteiger partial charge in [0.25, 0.3) is 0 Å². The minimum Gasteiger partial charge on any atom is -0.491 e. The number of fused-ring (bicyclic) bond motifs is 2. The molecule has 2 heterocycles. The second-order valence-electron chi connectivity index (χ2n) is 9.49. The molecule has 1 aliphatic carbocycles. The monoisotopic (exact) mass is 601 g/mol. The number of benzene rings is 2. The molecule has 2 aromatic carbocycles. The van der Waals surface area contributed by atoms with E-state index in [1.165, 1.54) is 31.6 Å². The summed E-state index contributed by atoms with van der Waals surface area (Å²) in [5.74, 6) is 2.99. The molecule has 1 saturated carbocycles. The molecule has 2 fully saturated rings. The lowest BCUT2D eigenvalue weighted by molar-refractivity contribution is -0.111. The molecule has 1 amide bonds. The summed E-state index contributed by atoms with van der Waals surface area (Å²) in [6.07, 6.45) is 5.65. The van der Waals surface area contributed by atoms with Crippen molar-refractivity contribution in [3.63, 3.8) is 0 Å². The van der Waals surface area contributed by atoms with Crippen LogP contribution in [-0.4, -0.2) is 47.5 Å². The quantitative estimate of drug-likeness (QED) is 0.191. The van der Waals surface area contributed by atoms with Crippen molar-refractivity contribution in [3.8, 4) is 5.75 Å². The van der Waals surface area contributed by atoms with Gasteiger partial charge in [0, 0.05) is 34.7 Å². The Morgan fingerprint density at radius 3 is 2.81 bits per heavy atom. The second kappa shape index (κ2) is 10.7. The fourth-order valence-corrected chi connectivity index (χ4v) is 5.80. The van der Waals surface area contributed by atoms with Crippen molar-refractivity contribution < 1.29 is 13.9 Å². The lowest BCUT2D eigenvalue weighted by Crippen LogP contribution is -2.19. The van der Waals surface area contributed by atoms with Crippen LogP contribution >= 0.6 is 22.6 Å². The number of carbonyl (C=O) groups excluding carboxylic acids is 1. The van der Waals surface area contributed by atoms with Gasteiger partial charge in [-0.1, -0.05) is 28.7 Å². The summed E-state index contributed by atoms with van der Waals surface area (Å²) in [7, 11) is 2.18. The van der Waals surface area contributed by atoms with Crippen molar-refractivity contribution in [2.75, 3.05) is 37.4 Å². The van der Waals surface area contributed by atoms with Crippen LogP contribution in [0.4, 0.5) is 21.6 Å². The lowest BCUT2D eigenvalue weighted by atomic mass is 10.1. The lowest BCUT2D eigenvalue weighted by Gasteiger charge is -2.16. The van der Waals surface area contributed by atoms with Gasteiger partial charge in [0.05, 0.1) is 17.8 Å². The molecule has 7 nitrogen and oxygen atoms in total. The zero-order valence-electron chi connectivity index (χ0n) is 20.3. The number of hydrogen-bond donors (Lipinski definition) is 2. The standard InChI is InChI=1S/C27H29FIN5O2/c1-3-4-26(35)33-24-10-19-23(11-25(24)36-8-7-18-20-13-34(2)14-21(18)20)30-15-31-27(19)32-17-5-6-22(28)16(9-17)12-29/h3-6,9-11,15,18,20-21H,7-8,12-14H2,1-2H3,(H,33,35)(H,30,31,32)/b4-3+/t18?,20-,21+. The van der Waals surface area contributed by atoms with Gasteiger partial charge in [0.1, 0.15) is 23.7 Å². The third-order valence-corrected chi connectivity index (χ3v) is 7.85. The van der Waals surface area contributed by atoms with Crippen LogP contribution in [-0.2, 0) is 9.22 Å². The molecule has 1 aromatic heterocycles. The third-order valence-electron chi connectivity index (χ3n) is 7.03. The summed E-state index contributed by atoms with van der Waals surface area (Å²) in [5, 5.41) is 6.93. The maximum Gasteiger partial charge on any atom is 0.248 e. The molecular weight excluding hydrogens is 572 g/mol. The minimum absolute atomic E-state index is 0.236. The summed E-state index contributed by atoms with van der Waals surface area (Å²) in [6, 6.07) is 8.57. The van der Waals surface area contributed by atoms with Crippen LogP contribution in [0.25, 0.3) is 10.9 Å². The second-order valence-corrected chi connectivity index (χ2v) is 10.3. The number of amides is 1. The molecule has 5 rings (SSSR count). The summed E-state index contributed by atoms with van der Waals surface area (Å²) < 4.78 is 20.7. The highest BCUT2D eigenvalue weighted by Gasteiger charge is 2.53. The van der Waals surface area contributed by atoms with Crippen LogP contribution in [0.2, 0.25) is 0 Å². The topological polar surface area (TPSA) is 79.4 Å². The number of nitrogens with one attached hydrogen (secondary N) is 2. The Hall–Kier alpha value is -2.79. The number of rotatable bonds is 9. The molecule has 0 bridgehead atoms. The fraction of sp³-hybridized carbons (Fsp3) is 0.370. The molecule has 1 saturated heterocycles. The van der Waals surface area contributed by atoms with Gasteiger partial charge in [-0.2, -0.15) is 0 Å². The highest BCUT2D eigenvalue weighted by atomic mass is 127. The molecular formula is C27H29FIN5O2. The number of allylic oxidation sites excluding steroid dienone is 1. The Labute approximate surface area is 223 Å². The van der Waals surface area contributed by atoms with E-state index in [0.717, 1.165) is 35.2 Å². The van der Waals surface area contributed by atoms with Gasteiger partial charge in [-0.05, 0) is 74.1 Å². The molecule has 1 aliphatic heterocycles. The molecule has 3 atom stereocenters. The first-order valence-corrected chi connectivity index (χ1v) is 13.6. The first kappa shape index (κ1) is 24.9.